The number of rotatable bonds is 3. The fourth-order valence-electron chi connectivity index (χ4n) is 3.07. The third-order valence-electron chi connectivity index (χ3n) is 4.35. The average molecular weight is 369 g/mol. The quantitative estimate of drug-likeness (QED) is 0.868. The molecule has 132 valence electrons. The minimum Gasteiger partial charge on any atom is -0.347 e. The van der Waals surface area contributed by atoms with Gasteiger partial charge in [0.25, 0.3) is 5.91 Å². The van der Waals surface area contributed by atoms with Crippen LogP contribution in [0.3, 0.4) is 0 Å². The third kappa shape index (κ3) is 3.96. The van der Waals surface area contributed by atoms with Gasteiger partial charge >= 0.3 is 0 Å². The molecule has 1 fully saturated rings. The first-order chi connectivity index (χ1) is 12.0. The maximum atomic E-state index is 13.5. The van der Waals surface area contributed by atoms with Crippen LogP contribution in [-0.4, -0.2) is 25.0 Å². The Bertz CT molecular complexity index is 800. The Hall–Kier alpha value is -2.05. The normalized spacial score (nSPS) is 20.3. The van der Waals surface area contributed by atoms with Crippen molar-refractivity contribution in [1.29, 1.82) is 0 Å². The summed E-state index contributed by atoms with van der Waals surface area (Å²) in [6, 6.07) is 6.99. The summed E-state index contributed by atoms with van der Waals surface area (Å²) in [5.74, 6) is -2.95. The van der Waals surface area contributed by atoms with E-state index >= 15 is 0 Å². The van der Waals surface area contributed by atoms with Gasteiger partial charge in [0.1, 0.15) is 5.82 Å². The molecule has 0 aromatic heterocycles. The van der Waals surface area contributed by atoms with Crippen molar-refractivity contribution < 1.29 is 18.0 Å². The first kappa shape index (κ1) is 17.8. The summed E-state index contributed by atoms with van der Waals surface area (Å²) in [4.78, 5) is 12.5. The van der Waals surface area contributed by atoms with Crippen LogP contribution in [0.5, 0.6) is 0 Å². The monoisotopic (exact) mass is 368 g/mol. The minimum absolute atomic E-state index is 0.0191. The largest absolute Gasteiger partial charge is 0.347 e. The molecule has 1 amide bonds. The lowest BCUT2D eigenvalue weighted by molar-refractivity contribution is 0.0924. The van der Waals surface area contributed by atoms with Gasteiger partial charge in [0.05, 0.1) is 10.6 Å². The topological polar surface area (TPSA) is 41.1 Å². The Balaban J connectivity index is 1.81. The molecule has 3 rings (SSSR count). The highest BCUT2D eigenvalue weighted by atomic mass is 35.5. The summed E-state index contributed by atoms with van der Waals surface area (Å²) in [6.45, 7) is 1.18. The number of carbonyl (C=O) groups excluding carboxylic acids is 1. The van der Waals surface area contributed by atoms with Crippen molar-refractivity contribution in [1.82, 2.24) is 10.6 Å². The van der Waals surface area contributed by atoms with Gasteiger partial charge in [0.2, 0.25) is 0 Å². The smallest absolute Gasteiger partial charge is 0.253 e. The van der Waals surface area contributed by atoms with Gasteiger partial charge in [-0.15, -0.1) is 0 Å². The number of piperidine rings is 1. The second kappa shape index (κ2) is 7.45. The maximum absolute atomic E-state index is 13.5. The summed E-state index contributed by atoms with van der Waals surface area (Å²) < 4.78 is 39.8. The van der Waals surface area contributed by atoms with Crippen molar-refractivity contribution in [3.8, 4) is 0 Å². The van der Waals surface area contributed by atoms with Gasteiger partial charge in [-0.1, -0.05) is 17.7 Å². The van der Waals surface area contributed by atoms with Crippen molar-refractivity contribution in [2.75, 3.05) is 13.1 Å². The molecule has 0 saturated carbocycles. The molecule has 0 aliphatic carbocycles. The van der Waals surface area contributed by atoms with E-state index in [1.54, 1.807) is 0 Å². The van der Waals surface area contributed by atoms with Crippen LogP contribution in [0.1, 0.15) is 28.3 Å². The molecule has 25 heavy (non-hydrogen) atoms. The zero-order valence-electron chi connectivity index (χ0n) is 13.2. The van der Waals surface area contributed by atoms with E-state index in [2.05, 4.69) is 10.6 Å². The average Bonchev–Trinajstić information content (AvgIpc) is 2.58. The molecule has 2 N–H and O–H groups in total. The highest BCUT2D eigenvalue weighted by Crippen LogP contribution is 2.27. The van der Waals surface area contributed by atoms with Gasteiger partial charge in [0.15, 0.2) is 11.6 Å². The number of hydrogen-bond donors (Lipinski definition) is 2. The standard InChI is InChI=1S/C18H16ClF3N2O/c19-14-8-11(20)2-3-13(14)18(25)24-17-9-23-6-5-12(17)10-1-4-15(21)16(22)7-10/h1-4,7-8,12,17,23H,5-6,9H2,(H,24,25). The van der Waals surface area contributed by atoms with Crippen molar-refractivity contribution >= 4 is 17.5 Å². The fourth-order valence-corrected chi connectivity index (χ4v) is 3.32. The summed E-state index contributed by atoms with van der Waals surface area (Å²) >= 11 is 5.93. The molecule has 7 heteroatoms. The van der Waals surface area contributed by atoms with Crippen molar-refractivity contribution in [3.63, 3.8) is 0 Å². The van der Waals surface area contributed by atoms with Crippen molar-refractivity contribution in [2.45, 2.75) is 18.4 Å². The lowest BCUT2D eigenvalue weighted by Gasteiger charge is -2.33. The number of amides is 1. The van der Waals surface area contributed by atoms with Gasteiger partial charge in [0, 0.05) is 18.5 Å². The van der Waals surface area contributed by atoms with E-state index in [1.165, 1.54) is 12.1 Å². The molecule has 1 aliphatic rings. The summed E-state index contributed by atoms with van der Waals surface area (Å²) in [6.07, 6.45) is 0.660. The molecule has 1 saturated heterocycles. The van der Waals surface area contributed by atoms with Crippen LogP contribution in [0.25, 0.3) is 0 Å². The molecule has 0 radical (unpaired) electrons. The van der Waals surface area contributed by atoms with Gasteiger partial charge in [-0.3, -0.25) is 4.79 Å². The van der Waals surface area contributed by atoms with Crippen LogP contribution in [0.2, 0.25) is 5.02 Å². The number of halogens is 4. The SMILES string of the molecule is O=C(NC1CNCCC1c1ccc(F)c(F)c1)c1ccc(F)cc1Cl. The molecular weight excluding hydrogens is 353 g/mol. The number of carbonyl (C=O) groups is 1. The van der Waals surface area contributed by atoms with E-state index < -0.39 is 23.4 Å². The highest BCUT2D eigenvalue weighted by molar-refractivity contribution is 6.33. The molecular formula is C18H16ClF3N2O. The van der Waals surface area contributed by atoms with Crippen LogP contribution in [-0.2, 0) is 0 Å². The van der Waals surface area contributed by atoms with Gasteiger partial charge in [-0.25, -0.2) is 13.2 Å². The second-order valence-corrected chi connectivity index (χ2v) is 6.38. The second-order valence-electron chi connectivity index (χ2n) is 5.98. The fraction of sp³-hybridized carbons (Fsp3) is 0.278. The molecule has 0 bridgehead atoms. The van der Waals surface area contributed by atoms with Gasteiger partial charge in [-0.2, -0.15) is 0 Å². The molecule has 2 unspecified atom stereocenters. The lowest BCUT2D eigenvalue weighted by Crippen LogP contribution is -2.50. The number of benzene rings is 2. The van der Waals surface area contributed by atoms with E-state index in [1.807, 2.05) is 0 Å². The molecule has 2 aromatic rings. The summed E-state index contributed by atoms with van der Waals surface area (Å²) in [5.41, 5.74) is 0.786. The van der Waals surface area contributed by atoms with Crippen LogP contribution < -0.4 is 10.6 Å². The predicted octanol–water partition coefficient (Wildman–Crippen LogP) is 3.63. The summed E-state index contributed by atoms with van der Waals surface area (Å²) in [7, 11) is 0. The Morgan fingerprint density at radius 2 is 1.92 bits per heavy atom. The van der Waals surface area contributed by atoms with Crippen molar-refractivity contribution in [2.24, 2.45) is 0 Å². The van der Waals surface area contributed by atoms with Crippen LogP contribution in [0.4, 0.5) is 13.2 Å². The van der Waals surface area contributed by atoms with E-state index in [0.29, 0.717) is 25.1 Å². The van der Waals surface area contributed by atoms with E-state index in [0.717, 1.165) is 24.3 Å². The van der Waals surface area contributed by atoms with Gasteiger partial charge in [-0.05, 0) is 48.9 Å². The Kier molecular flexibility index (Phi) is 5.30. The van der Waals surface area contributed by atoms with Crippen LogP contribution in [0.15, 0.2) is 36.4 Å². The Morgan fingerprint density at radius 1 is 1.12 bits per heavy atom. The molecule has 1 heterocycles. The predicted molar refractivity (Wildman–Crippen MR) is 89.2 cm³/mol. The molecule has 0 spiro atoms. The molecule has 2 atom stereocenters. The Labute approximate surface area is 148 Å². The zero-order chi connectivity index (χ0) is 18.0. The first-order valence-electron chi connectivity index (χ1n) is 7.87. The zero-order valence-corrected chi connectivity index (χ0v) is 13.9. The number of nitrogens with one attached hydrogen (secondary N) is 2. The van der Waals surface area contributed by atoms with Crippen molar-refractivity contribution in [3.05, 3.63) is 70.0 Å². The van der Waals surface area contributed by atoms with E-state index in [9.17, 15) is 18.0 Å². The van der Waals surface area contributed by atoms with E-state index in [4.69, 9.17) is 11.6 Å². The lowest BCUT2D eigenvalue weighted by atomic mass is 9.85. The number of hydrogen-bond acceptors (Lipinski definition) is 2. The maximum Gasteiger partial charge on any atom is 0.253 e. The molecule has 1 aliphatic heterocycles. The highest BCUT2D eigenvalue weighted by Gasteiger charge is 2.29. The molecule has 2 aromatic carbocycles. The van der Waals surface area contributed by atoms with Crippen LogP contribution >= 0.6 is 11.6 Å². The van der Waals surface area contributed by atoms with Crippen LogP contribution in [0, 0.1) is 17.5 Å². The summed E-state index contributed by atoms with van der Waals surface area (Å²) in [5, 5.41) is 6.04. The molecule has 3 nitrogen and oxygen atoms in total. The van der Waals surface area contributed by atoms with E-state index in [-0.39, 0.29) is 22.5 Å². The van der Waals surface area contributed by atoms with Gasteiger partial charge < -0.3 is 10.6 Å². The minimum atomic E-state index is -0.914. The first-order valence-corrected chi connectivity index (χ1v) is 8.25. The third-order valence-corrected chi connectivity index (χ3v) is 4.66. The Morgan fingerprint density at radius 3 is 2.64 bits per heavy atom.